The summed E-state index contributed by atoms with van der Waals surface area (Å²) in [6.07, 6.45) is 2.11. The van der Waals surface area contributed by atoms with E-state index in [4.69, 9.17) is 9.15 Å². The fourth-order valence-corrected chi connectivity index (χ4v) is 5.02. The molecule has 2 heterocycles. The van der Waals surface area contributed by atoms with Crippen molar-refractivity contribution in [3.8, 4) is 0 Å². The zero-order valence-corrected chi connectivity index (χ0v) is 17.4. The van der Waals surface area contributed by atoms with Crippen LogP contribution in [0.5, 0.6) is 0 Å². The summed E-state index contributed by atoms with van der Waals surface area (Å²) in [7, 11) is -2.64. The van der Waals surface area contributed by atoms with Crippen LogP contribution in [-0.4, -0.2) is 56.9 Å². The smallest absolute Gasteiger partial charge is 0.246 e. The van der Waals surface area contributed by atoms with Crippen molar-refractivity contribution < 1.29 is 31.1 Å². The van der Waals surface area contributed by atoms with Gasteiger partial charge < -0.3 is 14.1 Å². The number of furan rings is 1. The molecular weight excluding hydrogens is 418 g/mol. The molecule has 10 heteroatoms. The molecule has 0 aliphatic carbocycles. The van der Waals surface area contributed by atoms with Gasteiger partial charge in [0.15, 0.2) is 0 Å². The van der Waals surface area contributed by atoms with Crippen molar-refractivity contribution in [2.75, 3.05) is 33.4 Å². The lowest BCUT2D eigenvalue weighted by atomic mass is 9.96. The second-order valence-corrected chi connectivity index (χ2v) is 8.99. The van der Waals surface area contributed by atoms with Crippen molar-refractivity contribution >= 4 is 15.9 Å². The van der Waals surface area contributed by atoms with Crippen LogP contribution in [0.2, 0.25) is 0 Å². The van der Waals surface area contributed by atoms with Gasteiger partial charge in [0.05, 0.1) is 19.4 Å². The molecule has 1 aromatic carbocycles. The molecule has 0 saturated carbocycles. The van der Waals surface area contributed by atoms with Gasteiger partial charge in [0.1, 0.15) is 22.3 Å². The normalized spacial score (nSPS) is 16.0. The zero-order chi connectivity index (χ0) is 21.7. The van der Waals surface area contributed by atoms with Gasteiger partial charge in [-0.3, -0.25) is 4.79 Å². The van der Waals surface area contributed by atoms with Crippen LogP contribution in [0, 0.1) is 17.6 Å². The van der Waals surface area contributed by atoms with Gasteiger partial charge in [-0.2, -0.15) is 4.31 Å². The Morgan fingerprint density at radius 1 is 1.27 bits per heavy atom. The van der Waals surface area contributed by atoms with Crippen LogP contribution in [0.25, 0.3) is 0 Å². The van der Waals surface area contributed by atoms with Crippen molar-refractivity contribution in [3.05, 3.63) is 54.0 Å². The Hall–Kier alpha value is -2.30. The largest absolute Gasteiger partial charge is 0.467 e. The molecule has 0 atom stereocenters. The van der Waals surface area contributed by atoms with Crippen LogP contribution in [0.1, 0.15) is 18.6 Å². The van der Waals surface area contributed by atoms with Crippen LogP contribution < -0.4 is 0 Å². The van der Waals surface area contributed by atoms with Crippen molar-refractivity contribution in [2.45, 2.75) is 24.3 Å². The third kappa shape index (κ3) is 5.05. The van der Waals surface area contributed by atoms with Gasteiger partial charge in [0.2, 0.25) is 15.9 Å². The van der Waals surface area contributed by atoms with Gasteiger partial charge in [0.25, 0.3) is 0 Å². The van der Waals surface area contributed by atoms with Crippen LogP contribution in [0.4, 0.5) is 8.78 Å². The topological polar surface area (TPSA) is 80.1 Å². The van der Waals surface area contributed by atoms with Crippen molar-refractivity contribution in [1.82, 2.24) is 9.21 Å². The summed E-state index contributed by atoms with van der Waals surface area (Å²) >= 11 is 0. The standard InChI is InChI=1S/C20H24F2N2O5S/c1-28-12-10-23(14-17-3-2-11-29-17)20(25)15-6-8-24(9-7-15)30(26,27)19-13-16(21)4-5-18(19)22/h2-5,11,13,15H,6-10,12,14H2,1H3. The number of methoxy groups -OCH3 is 1. The Morgan fingerprint density at radius 2 is 2.00 bits per heavy atom. The molecule has 0 radical (unpaired) electrons. The predicted molar refractivity (Wildman–Crippen MR) is 104 cm³/mol. The van der Waals surface area contributed by atoms with E-state index in [9.17, 15) is 22.0 Å². The molecule has 0 N–H and O–H groups in total. The molecule has 1 amide bonds. The van der Waals surface area contributed by atoms with E-state index in [-0.39, 0.29) is 37.8 Å². The maximum atomic E-state index is 14.0. The van der Waals surface area contributed by atoms with E-state index >= 15 is 0 Å². The average molecular weight is 442 g/mol. The van der Waals surface area contributed by atoms with Gasteiger partial charge in [0, 0.05) is 32.7 Å². The number of hydrogen-bond acceptors (Lipinski definition) is 5. The number of nitrogens with zero attached hydrogens (tertiary/aromatic N) is 2. The summed E-state index contributed by atoms with van der Waals surface area (Å²) in [6, 6.07) is 5.85. The molecule has 164 valence electrons. The number of amides is 1. The van der Waals surface area contributed by atoms with Crippen LogP contribution in [0.3, 0.4) is 0 Å². The lowest BCUT2D eigenvalue weighted by Crippen LogP contribution is -2.45. The number of rotatable bonds is 8. The van der Waals surface area contributed by atoms with E-state index < -0.39 is 26.6 Å². The summed E-state index contributed by atoms with van der Waals surface area (Å²) < 4.78 is 64.4. The highest BCUT2D eigenvalue weighted by atomic mass is 32.2. The molecule has 1 fully saturated rings. The van der Waals surface area contributed by atoms with Crippen molar-refractivity contribution in [2.24, 2.45) is 5.92 Å². The van der Waals surface area contributed by atoms with Crippen LogP contribution >= 0.6 is 0 Å². The minimum Gasteiger partial charge on any atom is -0.467 e. The molecule has 2 aromatic rings. The number of ether oxygens (including phenoxy) is 1. The van der Waals surface area contributed by atoms with E-state index in [2.05, 4.69) is 0 Å². The number of halogens is 2. The number of carbonyl (C=O) groups excluding carboxylic acids is 1. The summed E-state index contributed by atoms with van der Waals surface area (Å²) in [4.78, 5) is 13.9. The fraction of sp³-hybridized carbons (Fsp3) is 0.450. The van der Waals surface area contributed by atoms with Gasteiger partial charge in [-0.05, 0) is 43.2 Å². The number of sulfonamides is 1. The van der Waals surface area contributed by atoms with Crippen molar-refractivity contribution in [1.29, 1.82) is 0 Å². The Labute approximate surface area is 174 Å². The second kappa shape index (κ2) is 9.67. The van der Waals surface area contributed by atoms with E-state index in [0.29, 0.717) is 31.5 Å². The fourth-order valence-electron chi connectivity index (χ4n) is 3.47. The van der Waals surface area contributed by atoms with E-state index in [1.807, 2.05) is 0 Å². The Bertz CT molecular complexity index is 958. The molecule has 7 nitrogen and oxygen atoms in total. The maximum Gasteiger partial charge on any atom is 0.246 e. The first-order valence-corrected chi connectivity index (χ1v) is 11.0. The van der Waals surface area contributed by atoms with E-state index in [1.165, 1.54) is 6.26 Å². The minimum absolute atomic E-state index is 0.0492. The second-order valence-electron chi connectivity index (χ2n) is 7.09. The lowest BCUT2D eigenvalue weighted by Gasteiger charge is -2.33. The molecule has 0 unspecified atom stereocenters. The molecule has 0 bridgehead atoms. The number of benzene rings is 1. The first kappa shape index (κ1) is 22.4. The highest BCUT2D eigenvalue weighted by Crippen LogP contribution is 2.27. The molecule has 30 heavy (non-hydrogen) atoms. The van der Waals surface area contributed by atoms with Gasteiger partial charge in [-0.1, -0.05) is 0 Å². The number of carbonyl (C=O) groups is 1. The average Bonchev–Trinajstić information content (AvgIpc) is 3.25. The molecule has 3 rings (SSSR count). The summed E-state index contributed by atoms with van der Waals surface area (Å²) in [5.74, 6) is -1.68. The summed E-state index contributed by atoms with van der Waals surface area (Å²) in [6.45, 7) is 1.13. The van der Waals surface area contributed by atoms with Gasteiger partial charge in [-0.15, -0.1) is 0 Å². The maximum absolute atomic E-state index is 14.0. The molecule has 0 spiro atoms. The molecule has 1 aromatic heterocycles. The van der Waals surface area contributed by atoms with Crippen LogP contribution in [0.15, 0.2) is 45.9 Å². The quantitative estimate of drug-likeness (QED) is 0.628. The zero-order valence-electron chi connectivity index (χ0n) is 16.6. The van der Waals surface area contributed by atoms with Crippen molar-refractivity contribution in [3.63, 3.8) is 0 Å². The molecule has 1 saturated heterocycles. The third-order valence-corrected chi connectivity index (χ3v) is 7.03. The van der Waals surface area contributed by atoms with Crippen LogP contribution in [-0.2, 0) is 26.1 Å². The highest BCUT2D eigenvalue weighted by Gasteiger charge is 2.35. The predicted octanol–water partition coefficient (Wildman–Crippen LogP) is 2.63. The highest BCUT2D eigenvalue weighted by molar-refractivity contribution is 7.89. The Kier molecular flexibility index (Phi) is 7.22. The first-order chi connectivity index (χ1) is 14.3. The lowest BCUT2D eigenvalue weighted by molar-refractivity contribution is -0.138. The van der Waals surface area contributed by atoms with Gasteiger partial charge in [-0.25, -0.2) is 17.2 Å². The monoisotopic (exact) mass is 442 g/mol. The minimum atomic E-state index is -4.18. The molecule has 1 aliphatic rings. The SMILES string of the molecule is COCCN(Cc1ccco1)C(=O)C1CCN(S(=O)(=O)c2cc(F)ccc2F)CC1. The number of hydrogen-bond donors (Lipinski definition) is 0. The first-order valence-electron chi connectivity index (χ1n) is 9.58. The van der Waals surface area contributed by atoms with E-state index in [1.54, 1.807) is 24.1 Å². The van der Waals surface area contributed by atoms with E-state index in [0.717, 1.165) is 16.4 Å². The molecular formula is C20H24F2N2O5S. The number of piperidine rings is 1. The summed E-state index contributed by atoms with van der Waals surface area (Å²) in [5, 5.41) is 0. The van der Waals surface area contributed by atoms with Gasteiger partial charge >= 0.3 is 0 Å². The Balaban J connectivity index is 1.67. The molecule has 1 aliphatic heterocycles. The Morgan fingerprint density at radius 3 is 2.63 bits per heavy atom. The summed E-state index contributed by atoms with van der Waals surface area (Å²) in [5.41, 5.74) is 0. The third-order valence-electron chi connectivity index (χ3n) is 5.12.